The Kier molecular flexibility index (Phi) is 5.10. The van der Waals surface area contributed by atoms with Gasteiger partial charge in [0.1, 0.15) is 19.8 Å². The molecule has 138 valence electrons. The lowest BCUT2D eigenvalue weighted by Gasteiger charge is -2.24. The van der Waals surface area contributed by atoms with Crippen LogP contribution in [0.15, 0.2) is 45.8 Å². The summed E-state index contributed by atoms with van der Waals surface area (Å²) in [5.41, 5.74) is 1.05. The highest BCUT2D eigenvalue weighted by Crippen LogP contribution is 2.34. The molecule has 0 bridgehead atoms. The van der Waals surface area contributed by atoms with Gasteiger partial charge in [-0.1, -0.05) is 15.9 Å². The molecule has 0 aromatic heterocycles. The smallest absolute Gasteiger partial charge is 0.324 e. The average molecular weight is 442 g/mol. The van der Waals surface area contributed by atoms with Crippen molar-refractivity contribution in [1.82, 2.24) is 0 Å². The number of halogens is 1. The van der Waals surface area contributed by atoms with Gasteiger partial charge in [0.15, 0.2) is 11.5 Å². The number of sulfonamides is 1. The summed E-state index contributed by atoms with van der Waals surface area (Å²) in [5, 5.41) is 9.21. The van der Waals surface area contributed by atoms with Crippen LogP contribution in [0.5, 0.6) is 11.5 Å². The van der Waals surface area contributed by atoms with Crippen molar-refractivity contribution in [2.24, 2.45) is 0 Å². The summed E-state index contributed by atoms with van der Waals surface area (Å²) in [6, 6.07) is 9.08. The molecular formula is C17H16BrNO6S. The van der Waals surface area contributed by atoms with Crippen LogP contribution in [0.4, 0.5) is 5.69 Å². The highest BCUT2D eigenvalue weighted by molar-refractivity contribution is 9.10. The number of rotatable bonds is 5. The third kappa shape index (κ3) is 3.63. The first-order valence-corrected chi connectivity index (χ1v) is 9.92. The third-order valence-corrected chi connectivity index (χ3v) is 6.47. The van der Waals surface area contributed by atoms with Gasteiger partial charge in [-0.05, 0) is 42.8 Å². The molecule has 3 rings (SSSR count). The monoisotopic (exact) mass is 441 g/mol. The molecule has 26 heavy (non-hydrogen) atoms. The molecule has 0 amide bonds. The first-order chi connectivity index (χ1) is 12.3. The fourth-order valence-electron chi connectivity index (χ4n) is 2.53. The van der Waals surface area contributed by atoms with Gasteiger partial charge in [-0.3, -0.25) is 9.10 Å². The van der Waals surface area contributed by atoms with E-state index in [1.807, 2.05) is 0 Å². The lowest BCUT2D eigenvalue weighted by Crippen LogP contribution is -2.35. The molecule has 2 aromatic rings. The maximum atomic E-state index is 13.1. The van der Waals surface area contributed by atoms with E-state index < -0.39 is 22.5 Å². The minimum absolute atomic E-state index is 0.0661. The average Bonchev–Trinajstić information content (AvgIpc) is 2.61. The van der Waals surface area contributed by atoms with Crippen LogP contribution >= 0.6 is 15.9 Å². The zero-order valence-corrected chi connectivity index (χ0v) is 16.2. The Balaban J connectivity index is 2.07. The van der Waals surface area contributed by atoms with E-state index in [0.717, 1.165) is 14.3 Å². The molecule has 0 saturated carbocycles. The number of aryl methyl sites for hydroxylation is 1. The molecule has 0 aliphatic carbocycles. The van der Waals surface area contributed by atoms with Crippen LogP contribution in [0.25, 0.3) is 0 Å². The van der Waals surface area contributed by atoms with Gasteiger partial charge in [-0.15, -0.1) is 0 Å². The molecule has 0 saturated heterocycles. The van der Waals surface area contributed by atoms with E-state index in [4.69, 9.17) is 9.47 Å². The standard InChI is InChI=1S/C17H16BrNO6S/c1-11-8-12(2-4-14(11)18)19(10-17(20)21)26(22,23)13-3-5-15-16(9-13)25-7-6-24-15/h2-5,8-9H,6-7,10H2,1H3,(H,20,21). The molecule has 0 unspecified atom stereocenters. The lowest BCUT2D eigenvalue weighted by molar-refractivity contribution is -0.135. The van der Waals surface area contributed by atoms with E-state index in [9.17, 15) is 18.3 Å². The van der Waals surface area contributed by atoms with Crippen molar-refractivity contribution in [2.45, 2.75) is 11.8 Å². The predicted molar refractivity (Wildman–Crippen MR) is 98.5 cm³/mol. The van der Waals surface area contributed by atoms with E-state index in [1.54, 1.807) is 25.1 Å². The Morgan fingerprint density at radius 3 is 2.50 bits per heavy atom. The number of hydrogen-bond donors (Lipinski definition) is 1. The number of anilines is 1. The van der Waals surface area contributed by atoms with Gasteiger partial charge >= 0.3 is 5.97 Å². The van der Waals surface area contributed by atoms with Crippen molar-refractivity contribution in [3.05, 3.63) is 46.4 Å². The number of carbonyl (C=O) groups is 1. The van der Waals surface area contributed by atoms with Crippen molar-refractivity contribution in [1.29, 1.82) is 0 Å². The predicted octanol–water partition coefficient (Wildman–Crippen LogP) is 2.81. The van der Waals surface area contributed by atoms with Crippen LogP contribution in [0.3, 0.4) is 0 Å². The molecular weight excluding hydrogens is 426 g/mol. The van der Waals surface area contributed by atoms with Crippen molar-refractivity contribution in [3.63, 3.8) is 0 Å². The van der Waals surface area contributed by atoms with Crippen LogP contribution in [0.1, 0.15) is 5.56 Å². The topological polar surface area (TPSA) is 93.1 Å². The maximum Gasteiger partial charge on any atom is 0.324 e. The summed E-state index contributed by atoms with van der Waals surface area (Å²) in [4.78, 5) is 11.2. The van der Waals surface area contributed by atoms with Gasteiger partial charge in [-0.25, -0.2) is 8.42 Å². The quantitative estimate of drug-likeness (QED) is 0.766. The van der Waals surface area contributed by atoms with Crippen LogP contribution in [-0.2, 0) is 14.8 Å². The van der Waals surface area contributed by atoms with Crippen LogP contribution in [-0.4, -0.2) is 39.3 Å². The normalized spacial score (nSPS) is 13.3. The second-order valence-corrected chi connectivity index (χ2v) is 8.36. The number of carboxylic acid groups (broad SMARTS) is 1. The van der Waals surface area contributed by atoms with E-state index in [0.29, 0.717) is 24.7 Å². The summed E-state index contributed by atoms with van der Waals surface area (Å²) < 4.78 is 38.7. The molecule has 2 aromatic carbocycles. The summed E-state index contributed by atoms with van der Waals surface area (Å²) >= 11 is 3.35. The highest BCUT2D eigenvalue weighted by atomic mass is 79.9. The summed E-state index contributed by atoms with van der Waals surface area (Å²) in [5.74, 6) is -0.481. The van der Waals surface area contributed by atoms with E-state index in [2.05, 4.69) is 15.9 Å². The minimum atomic E-state index is -4.11. The highest BCUT2D eigenvalue weighted by Gasteiger charge is 2.29. The van der Waals surface area contributed by atoms with Gasteiger partial charge in [-0.2, -0.15) is 0 Å². The molecule has 7 nitrogen and oxygen atoms in total. The van der Waals surface area contributed by atoms with E-state index in [1.165, 1.54) is 18.2 Å². The van der Waals surface area contributed by atoms with Crippen molar-refractivity contribution < 1.29 is 27.8 Å². The van der Waals surface area contributed by atoms with Crippen LogP contribution < -0.4 is 13.8 Å². The zero-order valence-electron chi connectivity index (χ0n) is 13.8. The lowest BCUT2D eigenvalue weighted by atomic mass is 10.2. The van der Waals surface area contributed by atoms with E-state index in [-0.39, 0.29) is 10.6 Å². The SMILES string of the molecule is Cc1cc(N(CC(=O)O)S(=O)(=O)c2ccc3c(c2)OCCO3)ccc1Br. The number of carboxylic acids is 1. The molecule has 0 atom stereocenters. The summed E-state index contributed by atoms with van der Waals surface area (Å²) in [6.07, 6.45) is 0. The van der Waals surface area contributed by atoms with Crippen LogP contribution in [0.2, 0.25) is 0 Å². The van der Waals surface area contributed by atoms with Crippen LogP contribution in [0, 0.1) is 6.92 Å². The summed E-state index contributed by atoms with van der Waals surface area (Å²) in [7, 11) is -4.11. The van der Waals surface area contributed by atoms with E-state index >= 15 is 0 Å². The first-order valence-electron chi connectivity index (χ1n) is 7.69. The number of nitrogens with zero attached hydrogens (tertiary/aromatic N) is 1. The Bertz CT molecular complexity index is 960. The maximum absolute atomic E-state index is 13.1. The molecule has 0 spiro atoms. The Morgan fingerprint density at radius 2 is 1.85 bits per heavy atom. The number of ether oxygens (including phenoxy) is 2. The zero-order chi connectivity index (χ0) is 18.9. The molecule has 1 N–H and O–H groups in total. The fourth-order valence-corrected chi connectivity index (χ4v) is 4.20. The Hall–Kier alpha value is -2.26. The molecule has 0 fully saturated rings. The Labute approximate surface area is 159 Å². The number of aliphatic carboxylic acids is 1. The molecule has 9 heteroatoms. The van der Waals surface area contributed by atoms with Crippen molar-refractivity contribution in [2.75, 3.05) is 24.1 Å². The number of hydrogen-bond acceptors (Lipinski definition) is 5. The van der Waals surface area contributed by atoms with Gasteiger partial charge in [0.25, 0.3) is 10.0 Å². The van der Waals surface area contributed by atoms with Crippen molar-refractivity contribution in [3.8, 4) is 11.5 Å². The second-order valence-electron chi connectivity index (χ2n) is 5.64. The second kappa shape index (κ2) is 7.16. The summed E-state index contributed by atoms with van der Waals surface area (Å²) in [6.45, 7) is 1.81. The molecule has 0 radical (unpaired) electrons. The third-order valence-electron chi connectivity index (χ3n) is 3.81. The largest absolute Gasteiger partial charge is 0.486 e. The van der Waals surface area contributed by atoms with Crippen molar-refractivity contribution >= 4 is 37.6 Å². The molecule has 1 aliphatic rings. The molecule has 1 aliphatic heterocycles. The van der Waals surface area contributed by atoms with Gasteiger partial charge in [0.2, 0.25) is 0 Å². The first kappa shape index (κ1) is 18.5. The van der Waals surface area contributed by atoms with Gasteiger partial charge in [0.05, 0.1) is 10.6 Å². The number of benzene rings is 2. The molecule has 1 heterocycles. The van der Waals surface area contributed by atoms with Gasteiger partial charge < -0.3 is 14.6 Å². The minimum Gasteiger partial charge on any atom is -0.486 e. The van der Waals surface area contributed by atoms with Gasteiger partial charge in [0, 0.05) is 10.5 Å². The fraction of sp³-hybridized carbons (Fsp3) is 0.235. The Morgan fingerprint density at radius 1 is 1.15 bits per heavy atom. The number of fused-ring (bicyclic) bond motifs is 1.